The Morgan fingerprint density at radius 1 is 0.962 bits per heavy atom. The summed E-state index contributed by atoms with van der Waals surface area (Å²) < 4.78 is 2.74. The topological polar surface area (TPSA) is 12.9 Å². The van der Waals surface area contributed by atoms with E-state index >= 15 is 0 Å². The van der Waals surface area contributed by atoms with E-state index in [4.69, 9.17) is 4.98 Å². The van der Waals surface area contributed by atoms with E-state index in [9.17, 15) is 0 Å². The monoisotopic (exact) mass is 357 g/mol. The Labute approximate surface area is 158 Å². The second-order valence-corrected chi connectivity index (χ2v) is 8.83. The number of hydrogen-bond acceptors (Lipinski definition) is 2. The summed E-state index contributed by atoms with van der Waals surface area (Å²) in [7, 11) is 0. The smallest absolute Gasteiger partial charge is 0.0880 e. The zero-order valence-electron chi connectivity index (χ0n) is 15.5. The molecule has 4 aromatic rings. The van der Waals surface area contributed by atoms with Crippen molar-refractivity contribution in [2.24, 2.45) is 0 Å². The lowest BCUT2D eigenvalue weighted by Gasteiger charge is -2.30. The molecule has 2 heterocycles. The number of fused-ring (bicyclic) bond motifs is 5. The summed E-state index contributed by atoms with van der Waals surface area (Å²) in [5.74, 6) is 1.30. The van der Waals surface area contributed by atoms with Crippen LogP contribution in [-0.4, -0.2) is 4.98 Å². The third kappa shape index (κ3) is 2.25. The predicted molar refractivity (Wildman–Crippen MR) is 113 cm³/mol. The van der Waals surface area contributed by atoms with E-state index in [1.54, 1.807) is 11.1 Å². The molecule has 2 heteroatoms. The minimum Gasteiger partial charge on any atom is -0.255 e. The Balaban J connectivity index is 1.91. The van der Waals surface area contributed by atoms with Crippen LogP contribution < -0.4 is 0 Å². The van der Waals surface area contributed by atoms with Crippen molar-refractivity contribution in [3.63, 3.8) is 0 Å². The molecule has 0 bridgehead atoms. The highest BCUT2D eigenvalue weighted by molar-refractivity contribution is 7.26. The van der Waals surface area contributed by atoms with Crippen LogP contribution in [0.3, 0.4) is 0 Å². The number of aromatic nitrogens is 1. The molecular weight excluding hydrogens is 334 g/mol. The first kappa shape index (κ1) is 16.0. The van der Waals surface area contributed by atoms with Crippen LogP contribution in [0.5, 0.6) is 0 Å². The van der Waals surface area contributed by atoms with Gasteiger partial charge in [0.25, 0.3) is 0 Å². The maximum Gasteiger partial charge on any atom is 0.0880 e. The summed E-state index contributed by atoms with van der Waals surface area (Å²) in [6, 6.07) is 15.2. The summed E-state index contributed by atoms with van der Waals surface area (Å²) >= 11 is 1.91. The van der Waals surface area contributed by atoms with Crippen molar-refractivity contribution in [2.75, 3.05) is 0 Å². The molecule has 2 aromatic heterocycles. The summed E-state index contributed by atoms with van der Waals surface area (Å²) in [5.41, 5.74) is 7.00. The van der Waals surface area contributed by atoms with E-state index in [0.717, 1.165) is 5.69 Å². The number of hydrogen-bond donors (Lipinski definition) is 0. The van der Waals surface area contributed by atoms with Gasteiger partial charge in [-0.1, -0.05) is 44.2 Å². The average molecular weight is 358 g/mol. The largest absolute Gasteiger partial charge is 0.255 e. The van der Waals surface area contributed by atoms with Crippen molar-refractivity contribution in [2.45, 2.75) is 45.4 Å². The second-order valence-electron chi connectivity index (χ2n) is 7.78. The van der Waals surface area contributed by atoms with Crippen LogP contribution in [0.15, 0.2) is 48.7 Å². The number of thiophene rings is 1. The van der Waals surface area contributed by atoms with Gasteiger partial charge < -0.3 is 0 Å². The van der Waals surface area contributed by atoms with Gasteiger partial charge in [0.05, 0.1) is 10.4 Å². The van der Waals surface area contributed by atoms with Gasteiger partial charge in [-0.3, -0.25) is 4.98 Å². The molecule has 0 amide bonds. The van der Waals surface area contributed by atoms with Crippen LogP contribution in [0.1, 0.15) is 55.2 Å². The number of rotatable bonds is 1. The van der Waals surface area contributed by atoms with Crippen molar-refractivity contribution in [1.29, 1.82) is 0 Å². The standard InChI is InChI=1S/C24H23NS/c1-14-9-10-15(2)21-20(14)16(3)13-19-22(21)18-11-12-25-23(24(18)26-19)17-7-5-4-6-8-17/h4-8,11-15H,9-10H2,1-3H3. The second kappa shape index (κ2) is 5.92. The fourth-order valence-electron chi connectivity index (χ4n) is 4.80. The summed E-state index contributed by atoms with van der Waals surface area (Å²) in [5, 5.41) is 2.88. The highest BCUT2D eigenvalue weighted by Crippen LogP contribution is 2.49. The maximum atomic E-state index is 4.75. The van der Waals surface area contributed by atoms with Crippen molar-refractivity contribution >= 4 is 31.5 Å². The summed E-state index contributed by atoms with van der Waals surface area (Å²) in [6.07, 6.45) is 4.58. The van der Waals surface area contributed by atoms with Crippen molar-refractivity contribution in [1.82, 2.24) is 4.98 Å². The van der Waals surface area contributed by atoms with E-state index in [-0.39, 0.29) is 0 Å². The fraction of sp³-hybridized carbons (Fsp3) is 0.292. The molecule has 0 N–H and O–H groups in total. The van der Waals surface area contributed by atoms with Gasteiger partial charge in [0, 0.05) is 27.2 Å². The van der Waals surface area contributed by atoms with E-state index in [1.165, 1.54) is 44.1 Å². The van der Waals surface area contributed by atoms with Gasteiger partial charge in [-0.25, -0.2) is 0 Å². The average Bonchev–Trinajstić information content (AvgIpc) is 3.02. The zero-order valence-corrected chi connectivity index (χ0v) is 16.4. The Morgan fingerprint density at radius 3 is 2.46 bits per heavy atom. The maximum absolute atomic E-state index is 4.75. The molecule has 2 aromatic carbocycles. The number of aryl methyl sites for hydroxylation is 1. The van der Waals surface area contributed by atoms with Gasteiger partial charge in [-0.2, -0.15) is 0 Å². The molecule has 5 rings (SSSR count). The van der Waals surface area contributed by atoms with Gasteiger partial charge in [0.2, 0.25) is 0 Å². The number of nitrogens with zero attached hydrogens (tertiary/aromatic N) is 1. The first-order valence-corrected chi connectivity index (χ1v) is 10.4. The Morgan fingerprint density at radius 2 is 1.69 bits per heavy atom. The number of pyridine rings is 1. The molecule has 0 spiro atoms. The molecule has 26 heavy (non-hydrogen) atoms. The highest BCUT2D eigenvalue weighted by atomic mass is 32.1. The summed E-state index contributed by atoms with van der Waals surface area (Å²) in [4.78, 5) is 4.75. The van der Waals surface area contributed by atoms with Crippen LogP contribution in [0.4, 0.5) is 0 Å². The molecule has 1 aliphatic carbocycles. The minimum atomic E-state index is 0.634. The van der Waals surface area contributed by atoms with E-state index < -0.39 is 0 Å². The molecular formula is C24H23NS. The molecule has 0 radical (unpaired) electrons. The van der Waals surface area contributed by atoms with Crippen LogP contribution in [0.2, 0.25) is 0 Å². The lowest BCUT2D eigenvalue weighted by atomic mass is 9.75. The van der Waals surface area contributed by atoms with Crippen LogP contribution in [-0.2, 0) is 0 Å². The van der Waals surface area contributed by atoms with Crippen molar-refractivity contribution in [3.8, 4) is 11.3 Å². The van der Waals surface area contributed by atoms with Gasteiger partial charge in [0.15, 0.2) is 0 Å². The van der Waals surface area contributed by atoms with Gasteiger partial charge in [0.1, 0.15) is 0 Å². The van der Waals surface area contributed by atoms with Crippen LogP contribution in [0.25, 0.3) is 31.4 Å². The molecule has 0 saturated carbocycles. The lowest BCUT2D eigenvalue weighted by Crippen LogP contribution is -2.12. The Hall–Kier alpha value is -2.19. The first-order valence-electron chi connectivity index (χ1n) is 9.55. The first-order chi connectivity index (χ1) is 12.6. The molecule has 130 valence electrons. The molecule has 0 aliphatic heterocycles. The minimum absolute atomic E-state index is 0.634. The molecule has 1 nitrogen and oxygen atoms in total. The van der Waals surface area contributed by atoms with Gasteiger partial charge in [-0.15, -0.1) is 11.3 Å². The third-order valence-electron chi connectivity index (χ3n) is 6.03. The molecule has 0 fully saturated rings. The van der Waals surface area contributed by atoms with E-state index in [1.807, 2.05) is 17.5 Å². The van der Waals surface area contributed by atoms with Crippen molar-refractivity contribution in [3.05, 3.63) is 65.4 Å². The molecule has 1 aliphatic rings. The van der Waals surface area contributed by atoms with E-state index in [2.05, 4.69) is 63.2 Å². The lowest BCUT2D eigenvalue weighted by molar-refractivity contribution is 0.529. The van der Waals surface area contributed by atoms with Crippen molar-refractivity contribution < 1.29 is 0 Å². The van der Waals surface area contributed by atoms with Crippen LogP contribution >= 0.6 is 11.3 Å². The SMILES string of the molecule is Cc1cc2sc3c(-c4ccccc4)nccc3c2c2c1C(C)CCC2C. The fourth-order valence-corrected chi connectivity index (χ4v) is 6.12. The zero-order chi connectivity index (χ0) is 17.8. The predicted octanol–water partition coefficient (Wildman–Crippen LogP) is 7.43. The quantitative estimate of drug-likeness (QED) is 0.345. The molecule has 0 saturated heterocycles. The Kier molecular flexibility index (Phi) is 3.65. The molecule has 2 atom stereocenters. The van der Waals surface area contributed by atoms with Crippen LogP contribution in [0, 0.1) is 6.92 Å². The van der Waals surface area contributed by atoms with Gasteiger partial charge in [-0.05, 0) is 60.4 Å². The number of benzene rings is 2. The normalized spacial score (nSPS) is 19.8. The third-order valence-corrected chi connectivity index (χ3v) is 7.19. The molecule has 2 unspecified atom stereocenters. The summed E-state index contributed by atoms with van der Waals surface area (Å²) in [6.45, 7) is 7.11. The highest BCUT2D eigenvalue weighted by Gasteiger charge is 2.27. The Bertz CT molecular complexity index is 1120. The van der Waals surface area contributed by atoms with E-state index in [0.29, 0.717) is 11.8 Å². The van der Waals surface area contributed by atoms with Gasteiger partial charge >= 0.3 is 0 Å².